The number of nitrogens with two attached hydrogens (primary N) is 1. The van der Waals surface area contributed by atoms with Crippen LogP contribution in [0, 0.1) is 0 Å². The molecule has 0 atom stereocenters. The van der Waals surface area contributed by atoms with E-state index in [-0.39, 0.29) is 5.54 Å². The summed E-state index contributed by atoms with van der Waals surface area (Å²) in [6.07, 6.45) is 8.00. The zero-order valence-corrected chi connectivity index (χ0v) is 11.5. The maximum Gasteiger partial charge on any atom is 0.125 e. The average molecular weight is 251 g/mol. The van der Waals surface area contributed by atoms with Crippen LogP contribution in [-0.2, 0) is 5.54 Å². The molecule has 1 fully saturated rings. The van der Waals surface area contributed by atoms with E-state index in [4.69, 9.17) is 10.5 Å². The number of hydrogen-bond donors (Lipinski definition) is 1. The summed E-state index contributed by atoms with van der Waals surface area (Å²) >= 11 is 1.76. The maximum atomic E-state index is 6.64. The van der Waals surface area contributed by atoms with Crippen molar-refractivity contribution in [2.75, 3.05) is 13.4 Å². The first-order valence-electron chi connectivity index (χ1n) is 6.21. The van der Waals surface area contributed by atoms with E-state index in [2.05, 4.69) is 12.3 Å². The topological polar surface area (TPSA) is 35.2 Å². The Balaban J connectivity index is 2.47. The molecule has 0 unspecified atom stereocenters. The number of methoxy groups -OCH3 is 1. The molecule has 0 bridgehead atoms. The Kier molecular flexibility index (Phi) is 4.00. The second kappa shape index (κ2) is 5.32. The lowest BCUT2D eigenvalue weighted by Gasteiger charge is -2.36. The number of rotatable bonds is 3. The van der Waals surface area contributed by atoms with E-state index in [0.29, 0.717) is 0 Å². The van der Waals surface area contributed by atoms with Crippen LogP contribution in [0.1, 0.15) is 37.7 Å². The molecule has 0 spiro atoms. The molecule has 0 aromatic heterocycles. The molecule has 0 radical (unpaired) electrons. The molecule has 0 aliphatic heterocycles. The summed E-state index contributed by atoms with van der Waals surface area (Å²) in [6.45, 7) is 0. The molecule has 3 heteroatoms. The van der Waals surface area contributed by atoms with Crippen molar-refractivity contribution >= 4 is 11.8 Å². The van der Waals surface area contributed by atoms with Gasteiger partial charge in [0.05, 0.1) is 7.11 Å². The van der Waals surface area contributed by atoms with Crippen molar-refractivity contribution in [2.45, 2.75) is 42.5 Å². The third-order valence-electron chi connectivity index (χ3n) is 3.67. The monoisotopic (exact) mass is 251 g/mol. The highest BCUT2D eigenvalue weighted by molar-refractivity contribution is 7.98. The van der Waals surface area contributed by atoms with Crippen molar-refractivity contribution in [1.29, 1.82) is 0 Å². The molecule has 17 heavy (non-hydrogen) atoms. The second-order valence-electron chi connectivity index (χ2n) is 4.75. The van der Waals surface area contributed by atoms with Crippen molar-refractivity contribution in [2.24, 2.45) is 5.73 Å². The Morgan fingerprint density at radius 3 is 2.53 bits per heavy atom. The van der Waals surface area contributed by atoms with E-state index < -0.39 is 0 Å². The van der Waals surface area contributed by atoms with Crippen LogP contribution in [0.4, 0.5) is 0 Å². The fourth-order valence-electron chi connectivity index (χ4n) is 2.77. The average Bonchev–Trinajstić information content (AvgIpc) is 2.38. The van der Waals surface area contributed by atoms with Crippen LogP contribution in [0.3, 0.4) is 0 Å². The van der Waals surface area contributed by atoms with Gasteiger partial charge in [-0.05, 0) is 31.2 Å². The second-order valence-corrected chi connectivity index (χ2v) is 5.60. The molecule has 0 heterocycles. The molecular formula is C14H21NOS. The highest BCUT2D eigenvalue weighted by atomic mass is 32.2. The molecule has 1 aliphatic carbocycles. The summed E-state index contributed by atoms with van der Waals surface area (Å²) in [6, 6.07) is 6.21. The van der Waals surface area contributed by atoms with Gasteiger partial charge in [-0.3, -0.25) is 0 Å². The lowest BCUT2D eigenvalue weighted by atomic mass is 9.77. The Bertz CT molecular complexity index is 364. The molecular weight excluding hydrogens is 230 g/mol. The number of thioether (sulfide) groups is 1. The smallest absolute Gasteiger partial charge is 0.125 e. The van der Waals surface area contributed by atoms with E-state index in [1.807, 2.05) is 12.1 Å². The molecule has 0 saturated heterocycles. The lowest BCUT2D eigenvalue weighted by Crippen LogP contribution is -2.39. The summed E-state index contributed by atoms with van der Waals surface area (Å²) in [5, 5.41) is 0. The Morgan fingerprint density at radius 2 is 1.94 bits per heavy atom. The van der Waals surface area contributed by atoms with Crippen LogP contribution in [-0.4, -0.2) is 13.4 Å². The van der Waals surface area contributed by atoms with Gasteiger partial charge in [0, 0.05) is 16.0 Å². The van der Waals surface area contributed by atoms with Crippen LogP contribution in [0.2, 0.25) is 0 Å². The Labute approximate surface area is 108 Å². The molecule has 1 aromatic carbocycles. The summed E-state index contributed by atoms with van der Waals surface area (Å²) in [4.78, 5) is 1.26. The highest BCUT2D eigenvalue weighted by Crippen LogP contribution is 2.43. The van der Waals surface area contributed by atoms with Crippen molar-refractivity contribution in [3.63, 3.8) is 0 Å². The van der Waals surface area contributed by atoms with Crippen LogP contribution in [0.25, 0.3) is 0 Å². The first-order valence-corrected chi connectivity index (χ1v) is 7.44. The van der Waals surface area contributed by atoms with Crippen LogP contribution in [0.5, 0.6) is 5.75 Å². The quantitative estimate of drug-likeness (QED) is 0.835. The lowest BCUT2D eigenvalue weighted by molar-refractivity contribution is 0.284. The minimum absolute atomic E-state index is 0.191. The molecule has 2 nitrogen and oxygen atoms in total. The standard InChI is InChI=1S/C14H21NOS/c1-16-11-7-6-8-12(17-2)13(11)14(15)9-4-3-5-10-14/h6-8H,3-5,9-10,15H2,1-2H3. The summed E-state index contributed by atoms with van der Waals surface area (Å²) in [5.41, 5.74) is 7.67. The van der Waals surface area contributed by atoms with Crippen molar-refractivity contribution < 1.29 is 4.74 Å². The van der Waals surface area contributed by atoms with Gasteiger partial charge in [-0.15, -0.1) is 11.8 Å². The minimum Gasteiger partial charge on any atom is -0.496 e. The molecule has 2 N–H and O–H groups in total. The van der Waals surface area contributed by atoms with E-state index in [1.165, 1.54) is 29.7 Å². The molecule has 0 amide bonds. The van der Waals surface area contributed by atoms with Crippen LogP contribution >= 0.6 is 11.8 Å². The first kappa shape index (κ1) is 12.8. The Morgan fingerprint density at radius 1 is 1.24 bits per heavy atom. The molecule has 1 saturated carbocycles. The molecule has 1 aliphatic rings. The van der Waals surface area contributed by atoms with Crippen molar-refractivity contribution in [3.05, 3.63) is 23.8 Å². The zero-order valence-electron chi connectivity index (χ0n) is 10.7. The van der Waals surface area contributed by atoms with Gasteiger partial charge in [0.2, 0.25) is 0 Å². The van der Waals surface area contributed by atoms with Crippen molar-refractivity contribution in [1.82, 2.24) is 0 Å². The van der Waals surface area contributed by atoms with Gasteiger partial charge in [0.1, 0.15) is 5.75 Å². The largest absolute Gasteiger partial charge is 0.496 e. The summed E-state index contributed by atoms with van der Waals surface area (Å²) < 4.78 is 5.51. The number of ether oxygens (including phenoxy) is 1. The number of hydrogen-bond acceptors (Lipinski definition) is 3. The molecule has 1 aromatic rings. The Hall–Kier alpha value is -0.670. The predicted octanol–water partition coefficient (Wildman–Crippen LogP) is 3.54. The van der Waals surface area contributed by atoms with Gasteiger partial charge in [0.15, 0.2) is 0 Å². The fraction of sp³-hybridized carbons (Fsp3) is 0.571. The zero-order chi connectivity index (χ0) is 12.3. The fourth-order valence-corrected chi connectivity index (χ4v) is 3.50. The SMILES string of the molecule is COc1cccc(SC)c1C1(N)CCCCC1. The molecule has 94 valence electrons. The van der Waals surface area contributed by atoms with Gasteiger partial charge in [-0.2, -0.15) is 0 Å². The molecule has 2 rings (SSSR count). The number of benzene rings is 1. The predicted molar refractivity (Wildman–Crippen MR) is 73.7 cm³/mol. The highest BCUT2D eigenvalue weighted by Gasteiger charge is 2.34. The normalized spacial score (nSPS) is 19.0. The van der Waals surface area contributed by atoms with E-state index in [1.54, 1.807) is 18.9 Å². The minimum atomic E-state index is -0.191. The van der Waals surface area contributed by atoms with Gasteiger partial charge < -0.3 is 10.5 Å². The third kappa shape index (κ3) is 2.45. The van der Waals surface area contributed by atoms with E-state index in [9.17, 15) is 0 Å². The first-order chi connectivity index (χ1) is 8.21. The van der Waals surface area contributed by atoms with Crippen LogP contribution in [0.15, 0.2) is 23.1 Å². The van der Waals surface area contributed by atoms with Gasteiger partial charge in [0.25, 0.3) is 0 Å². The summed E-state index contributed by atoms with van der Waals surface area (Å²) in [7, 11) is 1.73. The third-order valence-corrected chi connectivity index (χ3v) is 4.45. The van der Waals surface area contributed by atoms with Gasteiger partial charge in [-0.25, -0.2) is 0 Å². The van der Waals surface area contributed by atoms with Crippen LogP contribution < -0.4 is 10.5 Å². The van der Waals surface area contributed by atoms with Gasteiger partial charge in [-0.1, -0.05) is 25.3 Å². The maximum absolute atomic E-state index is 6.64. The van der Waals surface area contributed by atoms with Gasteiger partial charge >= 0.3 is 0 Å². The summed E-state index contributed by atoms with van der Waals surface area (Å²) in [5.74, 6) is 0.946. The van der Waals surface area contributed by atoms with E-state index in [0.717, 1.165) is 18.6 Å². The van der Waals surface area contributed by atoms with Crippen molar-refractivity contribution in [3.8, 4) is 5.75 Å². The van der Waals surface area contributed by atoms with E-state index >= 15 is 0 Å².